The molecule has 0 atom stereocenters. The van der Waals surface area contributed by atoms with E-state index < -0.39 is 18.5 Å². The molecule has 0 saturated heterocycles. The van der Waals surface area contributed by atoms with Crippen LogP contribution in [-0.2, 0) is 10.8 Å². The van der Waals surface area contributed by atoms with Crippen LogP contribution in [0.1, 0.15) is 80.4 Å². The molecule has 26 heavy (non-hydrogen) atoms. The summed E-state index contributed by atoms with van der Waals surface area (Å²) in [6, 6.07) is 5.86. The van der Waals surface area contributed by atoms with Gasteiger partial charge in [0.25, 0.3) is 0 Å². The lowest BCUT2D eigenvalue weighted by molar-refractivity contribution is -0.107. The molecule has 0 heterocycles. The molecule has 4 N–H and O–H groups in total. The summed E-state index contributed by atoms with van der Waals surface area (Å²) in [6.07, 6.45) is 0. The number of aliphatic hydroxyl groups is 2. The molecule has 6 heteroatoms. The minimum Gasteiger partial charge on any atom is -0.512 e. The third-order valence-corrected chi connectivity index (χ3v) is 4.38. The molecule has 0 saturated carbocycles. The van der Waals surface area contributed by atoms with Crippen molar-refractivity contribution in [2.45, 2.75) is 91.3 Å². The number of benzene rings is 1. The number of hydrogen-bond donors (Lipinski definition) is 4. The van der Waals surface area contributed by atoms with Gasteiger partial charge < -0.3 is 24.9 Å². The fraction of sp³-hybridized carbons (Fsp3) is 0.700. The van der Waals surface area contributed by atoms with Gasteiger partial charge in [0.1, 0.15) is 5.75 Å². The summed E-state index contributed by atoms with van der Waals surface area (Å²) in [4.78, 5) is 0. The first-order valence-corrected chi connectivity index (χ1v) is 8.89. The van der Waals surface area contributed by atoms with E-state index in [9.17, 15) is 0 Å². The first-order chi connectivity index (χ1) is 11.2. The maximum atomic E-state index is 9.10. The molecular weight excluding hydrogens is 331 g/mol. The van der Waals surface area contributed by atoms with E-state index in [0.29, 0.717) is 5.75 Å². The molecule has 5 nitrogen and oxygen atoms in total. The summed E-state index contributed by atoms with van der Waals surface area (Å²) in [5, 5.41) is 36.1. The molecule has 0 unspecified atom stereocenters. The van der Waals surface area contributed by atoms with Crippen LogP contribution < -0.4 is 4.65 Å². The van der Waals surface area contributed by atoms with Crippen LogP contribution in [0.3, 0.4) is 0 Å². The summed E-state index contributed by atoms with van der Waals surface area (Å²) < 4.78 is 5.00. The highest BCUT2D eigenvalue weighted by Gasteiger charge is 2.32. The largest absolute Gasteiger partial charge is 0.707 e. The van der Waals surface area contributed by atoms with Crippen molar-refractivity contribution in [1.82, 2.24) is 0 Å². The summed E-state index contributed by atoms with van der Waals surface area (Å²) in [6.45, 7) is 19.0. The van der Waals surface area contributed by atoms with Crippen molar-refractivity contribution in [1.29, 1.82) is 0 Å². The second-order valence-corrected chi connectivity index (χ2v) is 9.81. The molecule has 0 fully saturated rings. The van der Waals surface area contributed by atoms with Gasteiger partial charge in [0.05, 0.1) is 11.2 Å². The highest BCUT2D eigenvalue weighted by atomic mass is 16.6. The predicted octanol–water partition coefficient (Wildman–Crippen LogP) is 3.16. The average molecular weight is 368 g/mol. The van der Waals surface area contributed by atoms with Gasteiger partial charge >= 0.3 is 7.32 Å². The molecule has 0 aliphatic carbocycles. The molecule has 0 aliphatic heterocycles. The highest BCUT2D eigenvalue weighted by molar-refractivity contribution is 6.33. The summed E-state index contributed by atoms with van der Waals surface area (Å²) >= 11 is 0. The molecule has 150 valence electrons. The second kappa shape index (κ2) is 8.30. The molecule has 1 aromatic carbocycles. The van der Waals surface area contributed by atoms with E-state index in [2.05, 4.69) is 47.6 Å². The van der Waals surface area contributed by atoms with Crippen LogP contribution >= 0.6 is 0 Å². The van der Waals surface area contributed by atoms with Gasteiger partial charge in [-0.15, -0.1) is 0 Å². The van der Waals surface area contributed by atoms with Crippen LogP contribution in [0.25, 0.3) is 0 Å². The zero-order valence-electron chi connectivity index (χ0n) is 18.0. The van der Waals surface area contributed by atoms with E-state index >= 15 is 0 Å². The van der Waals surface area contributed by atoms with E-state index in [1.54, 1.807) is 27.7 Å². The fourth-order valence-corrected chi connectivity index (χ4v) is 1.65. The highest BCUT2D eigenvalue weighted by Crippen LogP contribution is 2.32. The van der Waals surface area contributed by atoms with Gasteiger partial charge in [-0.25, -0.2) is 0 Å². The maximum absolute atomic E-state index is 9.10. The summed E-state index contributed by atoms with van der Waals surface area (Å²) in [7, 11) is -1.78. The Morgan fingerprint density at radius 3 is 1.15 bits per heavy atom. The van der Waals surface area contributed by atoms with E-state index in [4.69, 9.17) is 24.9 Å². The molecule has 1 rings (SSSR count). The third-order valence-electron chi connectivity index (χ3n) is 4.38. The zero-order chi connectivity index (χ0) is 21.1. The predicted molar refractivity (Wildman–Crippen MR) is 107 cm³/mol. The van der Waals surface area contributed by atoms with Gasteiger partial charge in [0.2, 0.25) is 0 Å². The van der Waals surface area contributed by atoms with Crippen LogP contribution in [0.5, 0.6) is 5.75 Å². The van der Waals surface area contributed by atoms with Gasteiger partial charge in [-0.05, 0) is 61.8 Å². The summed E-state index contributed by atoms with van der Waals surface area (Å²) in [5.74, 6) is 0.488. The van der Waals surface area contributed by atoms with Crippen molar-refractivity contribution in [2.24, 2.45) is 0 Å². The molecule has 0 spiro atoms. The van der Waals surface area contributed by atoms with Gasteiger partial charge in [-0.1, -0.05) is 47.6 Å². The molecule has 0 bridgehead atoms. The van der Waals surface area contributed by atoms with Crippen molar-refractivity contribution in [2.75, 3.05) is 0 Å². The third kappa shape index (κ3) is 8.54. The Morgan fingerprint density at radius 1 is 0.654 bits per heavy atom. The first kappa shape index (κ1) is 24.9. The average Bonchev–Trinajstić information content (AvgIpc) is 2.33. The molecular formula is C20H37BO5. The standard InChI is InChI=1S/C14H23BO3.C6H14O2/c1-13(2,3)10-7-11(14(4,5)6)9-12(8-10)18-15(16)17;1-5(2,7)6(3,4)8/h7-9,16-17H,1-6H3;7-8H,1-4H3. The van der Waals surface area contributed by atoms with Crippen LogP contribution in [0.4, 0.5) is 0 Å². The Bertz CT molecular complexity index is 526. The molecule has 0 amide bonds. The van der Waals surface area contributed by atoms with Crippen LogP contribution in [0.15, 0.2) is 18.2 Å². The Balaban J connectivity index is 0.000000660. The lowest BCUT2D eigenvalue weighted by atomic mass is 9.80. The molecule has 0 aliphatic rings. The van der Waals surface area contributed by atoms with Gasteiger partial charge in [-0.2, -0.15) is 0 Å². The van der Waals surface area contributed by atoms with Crippen LogP contribution in [0.2, 0.25) is 0 Å². The minimum atomic E-state index is -1.78. The maximum Gasteiger partial charge on any atom is 0.707 e. The van der Waals surface area contributed by atoms with Crippen molar-refractivity contribution in [3.63, 3.8) is 0 Å². The molecule has 1 aromatic rings. The number of hydrogen-bond acceptors (Lipinski definition) is 5. The van der Waals surface area contributed by atoms with Crippen molar-refractivity contribution >= 4 is 7.32 Å². The van der Waals surface area contributed by atoms with E-state index in [-0.39, 0.29) is 10.8 Å². The molecule has 0 aromatic heterocycles. The number of rotatable bonds is 3. The topological polar surface area (TPSA) is 90.2 Å². The van der Waals surface area contributed by atoms with Gasteiger partial charge in [0.15, 0.2) is 0 Å². The smallest absolute Gasteiger partial charge is 0.512 e. The lowest BCUT2D eigenvalue weighted by Crippen LogP contribution is -2.44. The van der Waals surface area contributed by atoms with Gasteiger partial charge in [-0.3, -0.25) is 0 Å². The lowest BCUT2D eigenvalue weighted by Gasteiger charge is -2.31. The Morgan fingerprint density at radius 2 is 0.962 bits per heavy atom. The fourth-order valence-electron chi connectivity index (χ4n) is 1.65. The van der Waals surface area contributed by atoms with E-state index in [1.807, 2.05) is 12.1 Å². The zero-order valence-corrected chi connectivity index (χ0v) is 18.0. The van der Waals surface area contributed by atoms with Crippen molar-refractivity contribution in [3.8, 4) is 5.75 Å². The minimum absolute atomic E-state index is 0.0141. The van der Waals surface area contributed by atoms with Crippen LogP contribution in [-0.4, -0.2) is 38.8 Å². The Kier molecular flexibility index (Phi) is 7.96. The molecule has 0 radical (unpaired) electrons. The van der Waals surface area contributed by atoms with E-state index in [0.717, 1.165) is 11.1 Å². The SMILES string of the molecule is CC(C)(C)c1cc(OB(O)O)cc(C(C)(C)C)c1.CC(C)(O)C(C)(C)O. The quantitative estimate of drug-likeness (QED) is 0.616. The van der Waals surface area contributed by atoms with Crippen LogP contribution in [0, 0.1) is 0 Å². The monoisotopic (exact) mass is 368 g/mol. The summed E-state index contributed by atoms with van der Waals surface area (Å²) in [5.41, 5.74) is 0.190. The normalized spacial score (nSPS) is 13.0. The van der Waals surface area contributed by atoms with Crippen molar-refractivity contribution in [3.05, 3.63) is 29.3 Å². The Hall–Kier alpha value is -1.08. The Labute approximate surface area is 159 Å². The van der Waals surface area contributed by atoms with E-state index in [1.165, 1.54) is 0 Å². The van der Waals surface area contributed by atoms with Gasteiger partial charge in [0, 0.05) is 0 Å². The van der Waals surface area contributed by atoms with Crippen molar-refractivity contribution < 1.29 is 24.9 Å². The first-order valence-electron chi connectivity index (χ1n) is 8.89. The second-order valence-electron chi connectivity index (χ2n) is 9.81.